The molecule has 0 aliphatic heterocycles. The van der Waals surface area contributed by atoms with Gasteiger partial charge in [0.2, 0.25) is 0 Å². The van der Waals surface area contributed by atoms with Crippen LogP contribution in [0.2, 0.25) is 0 Å². The van der Waals surface area contributed by atoms with Crippen molar-refractivity contribution in [2.24, 2.45) is 11.8 Å². The molecule has 0 spiro atoms. The molecule has 0 aromatic heterocycles. The van der Waals surface area contributed by atoms with Crippen molar-refractivity contribution in [3.05, 3.63) is 0 Å². The number of halogens is 1. The van der Waals surface area contributed by atoms with Crippen molar-refractivity contribution in [1.82, 2.24) is 0 Å². The van der Waals surface area contributed by atoms with Gasteiger partial charge in [0, 0.05) is 0 Å². The van der Waals surface area contributed by atoms with E-state index in [4.69, 9.17) is 4.74 Å². The summed E-state index contributed by atoms with van der Waals surface area (Å²) in [4.78, 5) is 0. The lowest BCUT2D eigenvalue weighted by atomic mass is 9.92. The Hall–Kier alpha value is -0.110. The van der Waals surface area contributed by atoms with E-state index in [2.05, 4.69) is 13.8 Å². The summed E-state index contributed by atoms with van der Waals surface area (Å²) in [6.07, 6.45) is 2.51. The van der Waals surface area contributed by atoms with Gasteiger partial charge in [-0.15, -0.1) is 0 Å². The maximum atomic E-state index is 12.6. The molecule has 1 aliphatic carbocycles. The standard InChI is InChI=1S/C10H19FO/c1-7(2)9-5-4-6-10(9)12-8(3)11/h7-10H,4-6H2,1-3H3. The zero-order chi connectivity index (χ0) is 9.14. The van der Waals surface area contributed by atoms with Crippen molar-refractivity contribution in [3.63, 3.8) is 0 Å². The molecule has 0 N–H and O–H groups in total. The third-order valence-electron chi connectivity index (χ3n) is 2.72. The smallest absolute Gasteiger partial charge is 0.196 e. The average Bonchev–Trinajstić information content (AvgIpc) is 2.33. The molecule has 0 radical (unpaired) electrons. The molecular weight excluding hydrogens is 155 g/mol. The number of ether oxygens (including phenoxy) is 1. The Labute approximate surface area is 74.3 Å². The molecule has 1 rings (SSSR count). The highest BCUT2D eigenvalue weighted by Gasteiger charge is 2.31. The summed E-state index contributed by atoms with van der Waals surface area (Å²) in [5.41, 5.74) is 0. The van der Waals surface area contributed by atoms with Crippen LogP contribution in [0.25, 0.3) is 0 Å². The predicted octanol–water partition coefficient (Wildman–Crippen LogP) is 3.14. The third-order valence-corrected chi connectivity index (χ3v) is 2.72. The van der Waals surface area contributed by atoms with Gasteiger partial charge in [0.15, 0.2) is 6.36 Å². The van der Waals surface area contributed by atoms with Gasteiger partial charge >= 0.3 is 0 Å². The Bertz CT molecular complexity index is 134. The summed E-state index contributed by atoms with van der Waals surface area (Å²) < 4.78 is 17.8. The molecule has 1 fully saturated rings. The van der Waals surface area contributed by atoms with Crippen molar-refractivity contribution in [3.8, 4) is 0 Å². The monoisotopic (exact) mass is 174 g/mol. The second-order valence-corrected chi connectivity index (χ2v) is 4.06. The molecular formula is C10H19FO. The molecule has 1 nitrogen and oxygen atoms in total. The molecule has 72 valence electrons. The number of hydrogen-bond acceptors (Lipinski definition) is 1. The topological polar surface area (TPSA) is 9.23 Å². The lowest BCUT2D eigenvalue weighted by Gasteiger charge is -2.23. The summed E-state index contributed by atoms with van der Waals surface area (Å²) in [6.45, 7) is 5.85. The first-order chi connectivity index (χ1) is 5.61. The largest absolute Gasteiger partial charge is 0.345 e. The zero-order valence-corrected chi connectivity index (χ0v) is 8.22. The van der Waals surface area contributed by atoms with Crippen molar-refractivity contribution in [1.29, 1.82) is 0 Å². The molecule has 0 bridgehead atoms. The first-order valence-electron chi connectivity index (χ1n) is 4.90. The van der Waals surface area contributed by atoms with Gasteiger partial charge in [-0.05, 0) is 31.6 Å². The fourth-order valence-electron chi connectivity index (χ4n) is 2.13. The molecule has 2 heteroatoms. The van der Waals surface area contributed by atoms with Gasteiger partial charge < -0.3 is 4.74 Å². The van der Waals surface area contributed by atoms with Crippen LogP contribution in [-0.4, -0.2) is 12.5 Å². The summed E-state index contributed by atoms with van der Waals surface area (Å²) in [5, 5.41) is 0. The maximum Gasteiger partial charge on any atom is 0.196 e. The lowest BCUT2D eigenvalue weighted by Crippen LogP contribution is -2.24. The highest BCUT2D eigenvalue weighted by atomic mass is 19.1. The van der Waals surface area contributed by atoms with E-state index in [1.807, 2.05) is 0 Å². The molecule has 3 unspecified atom stereocenters. The van der Waals surface area contributed by atoms with Crippen LogP contribution in [-0.2, 0) is 4.74 Å². The van der Waals surface area contributed by atoms with E-state index in [9.17, 15) is 4.39 Å². The Morgan fingerprint density at radius 1 is 1.25 bits per heavy atom. The SMILES string of the molecule is CC(F)OC1CCCC1C(C)C. The molecule has 1 aliphatic rings. The minimum Gasteiger partial charge on any atom is -0.345 e. The van der Waals surface area contributed by atoms with E-state index in [0.29, 0.717) is 11.8 Å². The Balaban J connectivity index is 2.41. The summed E-state index contributed by atoms with van der Waals surface area (Å²) >= 11 is 0. The third kappa shape index (κ3) is 2.44. The fourth-order valence-corrected chi connectivity index (χ4v) is 2.13. The van der Waals surface area contributed by atoms with Gasteiger partial charge in [0.1, 0.15) is 0 Å². The Morgan fingerprint density at radius 2 is 1.92 bits per heavy atom. The van der Waals surface area contributed by atoms with Crippen molar-refractivity contribution < 1.29 is 9.13 Å². The Morgan fingerprint density at radius 3 is 2.42 bits per heavy atom. The molecule has 0 aromatic carbocycles. The highest BCUT2D eigenvalue weighted by Crippen LogP contribution is 2.34. The Kier molecular flexibility index (Phi) is 3.51. The van der Waals surface area contributed by atoms with E-state index < -0.39 is 6.36 Å². The maximum absolute atomic E-state index is 12.6. The van der Waals surface area contributed by atoms with Crippen LogP contribution in [0.4, 0.5) is 4.39 Å². The van der Waals surface area contributed by atoms with Crippen LogP contribution in [0, 0.1) is 11.8 Å². The van der Waals surface area contributed by atoms with Crippen LogP contribution < -0.4 is 0 Å². The molecule has 0 heterocycles. The lowest BCUT2D eigenvalue weighted by molar-refractivity contribution is -0.0930. The molecule has 12 heavy (non-hydrogen) atoms. The van der Waals surface area contributed by atoms with E-state index in [1.165, 1.54) is 19.8 Å². The summed E-state index contributed by atoms with van der Waals surface area (Å²) in [6, 6.07) is 0. The molecule has 3 atom stereocenters. The van der Waals surface area contributed by atoms with Crippen LogP contribution in [0.15, 0.2) is 0 Å². The van der Waals surface area contributed by atoms with Gasteiger partial charge in [0.25, 0.3) is 0 Å². The quantitative estimate of drug-likeness (QED) is 0.638. The van der Waals surface area contributed by atoms with Crippen LogP contribution in [0.5, 0.6) is 0 Å². The minimum absolute atomic E-state index is 0.171. The van der Waals surface area contributed by atoms with Gasteiger partial charge in [-0.25, -0.2) is 4.39 Å². The van der Waals surface area contributed by atoms with Crippen molar-refractivity contribution in [2.45, 2.75) is 52.5 Å². The summed E-state index contributed by atoms with van der Waals surface area (Å²) in [5.74, 6) is 1.19. The number of alkyl halides is 1. The average molecular weight is 174 g/mol. The second kappa shape index (κ2) is 4.22. The van der Waals surface area contributed by atoms with Crippen LogP contribution in [0.1, 0.15) is 40.0 Å². The number of hydrogen-bond donors (Lipinski definition) is 0. The number of rotatable bonds is 3. The van der Waals surface area contributed by atoms with Crippen molar-refractivity contribution >= 4 is 0 Å². The second-order valence-electron chi connectivity index (χ2n) is 4.06. The van der Waals surface area contributed by atoms with E-state index in [0.717, 1.165) is 6.42 Å². The normalized spacial score (nSPS) is 32.8. The highest BCUT2D eigenvalue weighted by molar-refractivity contribution is 4.80. The van der Waals surface area contributed by atoms with Gasteiger partial charge in [-0.3, -0.25) is 0 Å². The van der Waals surface area contributed by atoms with Crippen LogP contribution in [0.3, 0.4) is 0 Å². The van der Waals surface area contributed by atoms with Crippen molar-refractivity contribution in [2.75, 3.05) is 0 Å². The van der Waals surface area contributed by atoms with Gasteiger partial charge in [0.05, 0.1) is 6.10 Å². The van der Waals surface area contributed by atoms with E-state index in [1.54, 1.807) is 0 Å². The van der Waals surface area contributed by atoms with E-state index in [-0.39, 0.29) is 6.10 Å². The molecule has 0 amide bonds. The molecule has 1 saturated carbocycles. The van der Waals surface area contributed by atoms with Crippen LogP contribution >= 0.6 is 0 Å². The zero-order valence-electron chi connectivity index (χ0n) is 8.22. The molecule has 0 aromatic rings. The molecule has 0 saturated heterocycles. The summed E-state index contributed by atoms with van der Waals surface area (Å²) in [7, 11) is 0. The minimum atomic E-state index is -1.10. The first kappa shape index (κ1) is 9.97. The van der Waals surface area contributed by atoms with Gasteiger partial charge in [-0.1, -0.05) is 20.3 Å². The van der Waals surface area contributed by atoms with Gasteiger partial charge in [-0.2, -0.15) is 0 Å². The van der Waals surface area contributed by atoms with E-state index >= 15 is 0 Å². The predicted molar refractivity (Wildman–Crippen MR) is 47.6 cm³/mol. The fraction of sp³-hybridized carbons (Fsp3) is 1.00. The first-order valence-corrected chi connectivity index (χ1v) is 4.90.